The number of anilines is 1. The molecule has 0 aromatic carbocycles. The Morgan fingerprint density at radius 1 is 1.23 bits per heavy atom. The minimum Gasteiger partial charge on any atom is -0.444 e. The van der Waals surface area contributed by atoms with Crippen LogP contribution in [-0.4, -0.2) is 64.2 Å². The zero-order chi connectivity index (χ0) is 18.9. The number of rotatable bonds is 4. The first-order valence-corrected chi connectivity index (χ1v) is 9.15. The Kier molecular flexibility index (Phi) is 5.18. The number of piperazine rings is 1. The van der Waals surface area contributed by atoms with Crippen LogP contribution in [0.25, 0.3) is 0 Å². The zero-order valence-electron chi connectivity index (χ0n) is 15.6. The van der Waals surface area contributed by atoms with Gasteiger partial charge in [-0.05, 0) is 45.7 Å². The molecule has 0 radical (unpaired) electrons. The van der Waals surface area contributed by atoms with Crippen LogP contribution in [0.2, 0.25) is 0 Å². The number of ketones is 1. The van der Waals surface area contributed by atoms with Gasteiger partial charge in [0.25, 0.3) is 0 Å². The molecule has 7 nitrogen and oxygen atoms in total. The van der Waals surface area contributed by atoms with E-state index in [-0.39, 0.29) is 37.0 Å². The number of aliphatic hydroxyl groups excluding tert-OH is 1. The molecule has 0 saturated carbocycles. The first-order valence-electron chi connectivity index (χ1n) is 9.15. The van der Waals surface area contributed by atoms with Crippen molar-refractivity contribution in [2.75, 3.05) is 24.6 Å². The van der Waals surface area contributed by atoms with Crippen molar-refractivity contribution in [3.8, 4) is 0 Å². The van der Waals surface area contributed by atoms with Crippen LogP contribution in [0, 0.1) is 0 Å². The standard InChI is InChI=1S/C19H27N3O4/c1-19(2,3)26-18(25)21-11-14-4-5-15(12-21)22(14)13-6-7-16(20-10-13)17(24)8-9-23/h6-7,10,14-15,23H,4-5,8-9,11-12H2,1-3H3. The van der Waals surface area contributed by atoms with E-state index in [2.05, 4.69) is 9.88 Å². The molecule has 0 spiro atoms. The number of aliphatic hydroxyl groups is 1. The van der Waals surface area contributed by atoms with Crippen molar-refractivity contribution < 1.29 is 19.4 Å². The summed E-state index contributed by atoms with van der Waals surface area (Å²) in [5.74, 6) is -0.156. The van der Waals surface area contributed by atoms with Crippen molar-refractivity contribution >= 4 is 17.6 Å². The molecule has 2 fully saturated rings. The van der Waals surface area contributed by atoms with Crippen LogP contribution >= 0.6 is 0 Å². The number of amides is 1. The molecule has 7 heteroatoms. The quantitative estimate of drug-likeness (QED) is 0.828. The van der Waals surface area contributed by atoms with Gasteiger partial charge in [0.05, 0.1) is 18.5 Å². The maximum absolute atomic E-state index is 12.4. The smallest absolute Gasteiger partial charge is 0.410 e. The van der Waals surface area contributed by atoms with Gasteiger partial charge in [-0.1, -0.05) is 0 Å². The lowest BCUT2D eigenvalue weighted by Gasteiger charge is -2.42. The molecule has 2 atom stereocenters. The normalized spacial score (nSPS) is 22.5. The average molecular weight is 361 g/mol. The summed E-state index contributed by atoms with van der Waals surface area (Å²) in [4.78, 5) is 32.6. The third kappa shape index (κ3) is 3.98. The molecule has 2 bridgehead atoms. The lowest BCUT2D eigenvalue weighted by molar-refractivity contribution is 0.0209. The van der Waals surface area contributed by atoms with E-state index in [0.717, 1.165) is 18.5 Å². The summed E-state index contributed by atoms with van der Waals surface area (Å²) < 4.78 is 5.51. The Balaban J connectivity index is 1.68. The Morgan fingerprint density at radius 2 is 1.88 bits per heavy atom. The van der Waals surface area contributed by atoms with Gasteiger partial charge in [-0.2, -0.15) is 0 Å². The van der Waals surface area contributed by atoms with Crippen molar-refractivity contribution in [1.29, 1.82) is 0 Å². The van der Waals surface area contributed by atoms with Crippen LogP contribution < -0.4 is 4.90 Å². The van der Waals surface area contributed by atoms with Gasteiger partial charge in [-0.25, -0.2) is 4.79 Å². The third-order valence-corrected chi connectivity index (χ3v) is 4.80. The number of carbonyl (C=O) groups is 2. The van der Waals surface area contributed by atoms with E-state index in [4.69, 9.17) is 9.84 Å². The molecule has 1 N–H and O–H groups in total. The predicted molar refractivity (Wildman–Crippen MR) is 97.4 cm³/mol. The highest BCUT2D eigenvalue weighted by atomic mass is 16.6. The number of nitrogens with zero attached hydrogens (tertiary/aromatic N) is 3. The molecule has 142 valence electrons. The van der Waals surface area contributed by atoms with Crippen molar-refractivity contribution in [1.82, 2.24) is 9.88 Å². The van der Waals surface area contributed by atoms with Crippen molar-refractivity contribution in [3.63, 3.8) is 0 Å². The molecule has 1 aromatic heterocycles. The zero-order valence-corrected chi connectivity index (χ0v) is 15.6. The molecule has 3 rings (SSSR count). The number of hydrogen-bond acceptors (Lipinski definition) is 6. The minimum atomic E-state index is -0.492. The molecular formula is C19H27N3O4. The summed E-state index contributed by atoms with van der Waals surface area (Å²) >= 11 is 0. The number of ether oxygens (including phenoxy) is 1. The number of fused-ring (bicyclic) bond motifs is 2. The van der Waals surface area contributed by atoms with E-state index < -0.39 is 5.60 Å². The van der Waals surface area contributed by atoms with E-state index in [1.54, 1.807) is 17.2 Å². The number of Topliss-reactive ketones (excluding diaryl/α,β-unsaturated/α-hetero) is 1. The number of hydrogen-bond donors (Lipinski definition) is 1. The number of carbonyl (C=O) groups excluding carboxylic acids is 2. The third-order valence-electron chi connectivity index (χ3n) is 4.80. The summed E-state index contributed by atoms with van der Waals surface area (Å²) in [6, 6.07) is 4.10. The van der Waals surface area contributed by atoms with Gasteiger partial charge in [0, 0.05) is 31.6 Å². The molecule has 2 aliphatic rings. The molecular weight excluding hydrogens is 334 g/mol. The van der Waals surface area contributed by atoms with Gasteiger partial charge in [-0.3, -0.25) is 9.78 Å². The SMILES string of the molecule is CC(C)(C)OC(=O)N1CC2CCC(C1)N2c1ccc(C(=O)CCO)nc1. The number of aromatic nitrogens is 1. The summed E-state index contributed by atoms with van der Waals surface area (Å²) in [6.45, 7) is 6.73. The summed E-state index contributed by atoms with van der Waals surface area (Å²) in [6.07, 6.45) is 3.60. The molecule has 0 aliphatic carbocycles. The second kappa shape index (κ2) is 7.23. The molecule has 1 amide bonds. The largest absolute Gasteiger partial charge is 0.444 e. The first-order chi connectivity index (χ1) is 12.3. The molecule has 3 heterocycles. The second-order valence-corrected chi connectivity index (χ2v) is 7.98. The van der Waals surface area contributed by atoms with Gasteiger partial charge in [0.1, 0.15) is 11.3 Å². The fraction of sp³-hybridized carbons (Fsp3) is 0.632. The van der Waals surface area contributed by atoms with E-state index in [0.29, 0.717) is 18.8 Å². The molecule has 1 aromatic rings. The van der Waals surface area contributed by atoms with Crippen LogP contribution in [-0.2, 0) is 4.74 Å². The summed E-state index contributed by atoms with van der Waals surface area (Å²) in [5, 5.41) is 8.88. The Labute approximate surface area is 153 Å². The lowest BCUT2D eigenvalue weighted by Crippen LogP contribution is -2.56. The van der Waals surface area contributed by atoms with Crippen LogP contribution in [0.1, 0.15) is 50.5 Å². The molecule has 2 unspecified atom stereocenters. The summed E-state index contributed by atoms with van der Waals surface area (Å²) in [7, 11) is 0. The van der Waals surface area contributed by atoms with Gasteiger partial charge >= 0.3 is 6.09 Å². The highest BCUT2D eigenvalue weighted by Crippen LogP contribution is 2.35. The van der Waals surface area contributed by atoms with E-state index >= 15 is 0 Å². The Bertz CT molecular complexity index is 654. The van der Waals surface area contributed by atoms with Crippen LogP contribution in [0.5, 0.6) is 0 Å². The van der Waals surface area contributed by atoms with E-state index in [9.17, 15) is 9.59 Å². The van der Waals surface area contributed by atoms with Crippen LogP contribution in [0.3, 0.4) is 0 Å². The fourth-order valence-electron chi connectivity index (χ4n) is 3.73. The second-order valence-electron chi connectivity index (χ2n) is 7.98. The monoisotopic (exact) mass is 361 g/mol. The van der Waals surface area contributed by atoms with Crippen LogP contribution in [0.15, 0.2) is 18.3 Å². The maximum Gasteiger partial charge on any atom is 0.410 e. The highest BCUT2D eigenvalue weighted by molar-refractivity contribution is 5.94. The fourth-order valence-corrected chi connectivity index (χ4v) is 3.73. The van der Waals surface area contributed by atoms with Crippen molar-refractivity contribution in [3.05, 3.63) is 24.0 Å². The van der Waals surface area contributed by atoms with Crippen molar-refractivity contribution in [2.45, 2.75) is 57.7 Å². The Hall–Kier alpha value is -2.15. The minimum absolute atomic E-state index is 0.0894. The number of likely N-dealkylation sites (tertiary alicyclic amines) is 1. The van der Waals surface area contributed by atoms with Crippen molar-refractivity contribution in [2.24, 2.45) is 0 Å². The topological polar surface area (TPSA) is 83.0 Å². The van der Waals surface area contributed by atoms with Gasteiger partial charge in [-0.15, -0.1) is 0 Å². The van der Waals surface area contributed by atoms with Gasteiger partial charge < -0.3 is 19.6 Å². The Morgan fingerprint density at radius 3 is 2.38 bits per heavy atom. The molecule has 2 aliphatic heterocycles. The first kappa shape index (κ1) is 18.6. The molecule has 26 heavy (non-hydrogen) atoms. The van der Waals surface area contributed by atoms with Gasteiger partial charge in [0.15, 0.2) is 5.78 Å². The van der Waals surface area contributed by atoms with Gasteiger partial charge in [0.2, 0.25) is 0 Å². The number of pyridine rings is 1. The van der Waals surface area contributed by atoms with E-state index in [1.807, 2.05) is 26.8 Å². The van der Waals surface area contributed by atoms with E-state index in [1.165, 1.54) is 0 Å². The average Bonchev–Trinajstić information content (AvgIpc) is 2.83. The summed E-state index contributed by atoms with van der Waals surface area (Å²) in [5.41, 5.74) is 0.859. The highest BCUT2D eigenvalue weighted by Gasteiger charge is 2.42. The predicted octanol–water partition coefficient (Wildman–Crippen LogP) is 2.23. The van der Waals surface area contributed by atoms with Crippen LogP contribution in [0.4, 0.5) is 10.5 Å². The lowest BCUT2D eigenvalue weighted by atomic mass is 10.1. The molecule has 2 saturated heterocycles. The maximum atomic E-state index is 12.4.